The molecule has 0 unspecified atom stereocenters. The van der Waals surface area contributed by atoms with E-state index in [2.05, 4.69) is 10.5 Å². The maximum Gasteiger partial charge on any atom is 0.416 e. The summed E-state index contributed by atoms with van der Waals surface area (Å²) in [6.07, 6.45) is -2.28. The number of rotatable bonds is 5. The Kier molecular flexibility index (Phi) is 4.22. The predicted octanol–water partition coefficient (Wildman–Crippen LogP) is 3.69. The van der Waals surface area contributed by atoms with Gasteiger partial charge in [-0.3, -0.25) is 0 Å². The number of alkyl halides is 3. The zero-order valence-electron chi connectivity index (χ0n) is 11.0. The minimum atomic E-state index is -4.41. The number of anilines is 1. The molecule has 1 fully saturated rings. The molecule has 1 aliphatic carbocycles. The van der Waals surface area contributed by atoms with E-state index >= 15 is 0 Å². The summed E-state index contributed by atoms with van der Waals surface area (Å²) in [7, 11) is 0. The smallest absolute Gasteiger partial charge is 0.409 e. The normalized spacial score (nSPS) is 17.6. The van der Waals surface area contributed by atoms with Gasteiger partial charge in [-0.1, -0.05) is 16.8 Å². The molecule has 1 aliphatic rings. The Morgan fingerprint density at radius 1 is 1.43 bits per heavy atom. The van der Waals surface area contributed by atoms with Crippen molar-refractivity contribution >= 4 is 23.1 Å². The first-order chi connectivity index (χ1) is 9.76. The van der Waals surface area contributed by atoms with Crippen molar-refractivity contribution in [1.29, 1.82) is 0 Å². The first-order valence-corrected chi connectivity index (χ1v) is 6.71. The summed E-state index contributed by atoms with van der Waals surface area (Å²) >= 11 is 5.91. The van der Waals surface area contributed by atoms with Gasteiger partial charge in [0.25, 0.3) is 0 Å². The van der Waals surface area contributed by atoms with E-state index < -0.39 is 11.7 Å². The Labute approximate surface area is 124 Å². The molecule has 0 saturated heterocycles. The third-order valence-corrected chi connectivity index (χ3v) is 3.92. The van der Waals surface area contributed by atoms with Crippen LogP contribution >= 0.6 is 11.6 Å². The second-order valence-electron chi connectivity index (χ2n) is 5.31. The average Bonchev–Trinajstić information content (AvgIpc) is 3.16. The highest BCUT2D eigenvalue weighted by Gasteiger charge is 2.43. The molecule has 0 aromatic heterocycles. The van der Waals surface area contributed by atoms with Gasteiger partial charge < -0.3 is 16.3 Å². The second-order valence-corrected chi connectivity index (χ2v) is 5.72. The summed E-state index contributed by atoms with van der Waals surface area (Å²) in [6.45, 7) is 0.421. The van der Waals surface area contributed by atoms with Crippen LogP contribution in [-0.2, 0) is 6.18 Å². The molecular weight excluding hydrogens is 307 g/mol. The summed E-state index contributed by atoms with van der Waals surface area (Å²) < 4.78 is 38.0. The van der Waals surface area contributed by atoms with Crippen molar-refractivity contribution in [1.82, 2.24) is 0 Å². The topological polar surface area (TPSA) is 70.6 Å². The van der Waals surface area contributed by atoms with Crippen LogP contribution < -0.4 is 11.1 Å². The fourth-order valence-electron chi connectivity index (χ4n) is 2.13. The maximum atomic E-state index is 12.7. The van der Waals surface area contributed by atoms with E-state index in [1.165, 1.54) is 6.07 Å². The lowest BCUT2D eigenvalue weighted by atomic mass is 10.0. The number of benzene rings is 1. The predicted molar refractivity (Wildman–Crippen MR) is 74.6 cm³/mol. The van der Waals surface area contributed by atoms with Gasteiger partial charge >= 0.3 is 6.18 Å². The van der Waals surface area contributed by atoms with E-state index in [0.717, 1.165) is 25.0 Å². The van der Waals surface area contributed by atoms with Crippen LogP contribution in [0.2, 0.25) is 5.02 Å². The highest BCUT2D eigenvalue weighted by atomic mass is 35.5. The van der Waals surface area contributed by atoms with Gasteiger partial charge in [-0.05, 0) is 36.5 Å². The van der Waals surface area contributed by atoms with Gasteiger partial charge in [0.15, 0.2) is 0 Å². The number of hydrogen-bond acceptors (Lipinski definition) is 3. The number of halogens is 4. The van der Waals surface area contributed by atoms with Crippen molar-refractivity contribution in [2.45, 2.75) is 25.4 Å². The number of nitrogens with zero attached hydrogens (tertiary/aromatic N) is 1. The van der Waals surface area contributed by atoms with Crippen molar-refractivity contribution in [2.75, 3.05) is 11.9 Å². The zero-order chi connectivity index (χ0) is 15.7. The molecule has 0 heterocycles. The molecule has 0 bridgehead atoms. The van der Waals surface area contributed by atoms with Crippen molar-refractivity contribution in [3.05, 3.63) is 28.8 Å². The summed E-state index contributed by atoms with van der Waals surface area (Å²) in [5.41, 5.74) is 4.78. The molecule has 0 radical (unpaired) electrons. The van der Waals surface area contributed by atoms with Gasteiger partial charge in [0.05, 0.1) is 16.3 Å². The molecule has 1 saturated carbocycles. The van der Waals surface area contributed by atoms with Gasteiger partial charge in [0.2, 0.25) is 0 Å². The highest BCUT2D eigenvalue weighted by Crippen LogP contribution is 2.49. The van der Waals surface area contributed by atoms with Crippen LogP contribution in [0.5, 0.6) is 0 Å². The van der Waals surface area contributed by atoms with Crippen LogP contribution in [0.15, 0.2) is 23.4 Å². The minimum absolute atomic E-state index is 0.115. The molecule has 1 aromatic rings. The Morgan fingerprint density at radius 2 is 2.10 bits per heavy atom. The number of nitrogens with two attached hydrogens (primary N) is 1. The second kappa shape index (κ2) is 5.63. The van der Waals surface area contributed by atoms with Crippen molar-refractivity contribution < 1.29 is 18.4 Å². The largest absolute Gasteiger partial charge is 0.416 e. The van der Waals surface area contributed by atoms with Crippen LogP contribution in [0, 0.1) is 5.41 Å². The van der Waals surface area contributed by atoms with Gasteiger partial charge in [-0.2, -0.15) is 13.2 Å². The third kappa shape index (κ3) is 3.93. The van der Waals surface area contributed by atoms with E-state index in [0.29, 0.717) is 13.0 Å². The summed E-state index contributed by atoms with van der Waals surface area (Å²) in [4.78, 5) is 0. The van der Waals surface area contributed by atoms with E-state index in [-0.39, 0.29) is 22.0 Å². The lowest BCUT2D eigenvalue weighted by Crippen LogP contribution is -2.24. The maximum absolute atomic E-state index is 12.7. The molecule has 21 heavy (non-hydrogen) atoms. The van der Waals surface area contributed by atoms with Crippen molar-refractivity contribution in [3.63, 3.8) is 0 Å². The van der Waals surface area contributed by atoms with Gasteiger partial charge in [0, 0.05) is 13.0 Å². The Morgan fingerprint density at radius 3 is 2.62 bits per heavy atom. The molecule has 0 atom stereocenters. The number of hydrogen-bond donors (Lipinski definition) is 3. The van der Waals surface area contributed by atoms with E-state index in [9.17, 15) is 13.2 Å². The van der Waals surface area contributed by atoms with E-state index in [1.807, 2.05) is 0 Å². The minimum Gasteiger partial charge on any atom is -0.409 e. The molecule has 0 spiro atoms. The average molecular weight is 322 g/mol. The first-order valence-electron chi connectivity index (χ1n) is 6.33. The molecule has 0 aliphatic heterocycles. The molecule has 0 amide bonds. The first kappa shape index (κ1) is 15.8. The molecule has 4 N–H and O–H groups in total. The zero-order valence-corrected chi connectivity index (χ0v) is 11.8. The van der Waals surface area contributed by atoms with Crippen LogP contribution in [0.3, 0.4) is 0 Å². The van der Waals surface area contributed by atoms with Gasteiger partial charge in [-0.25, -0.2) is 0 Å². The fraction of sp³-hybridized carbons (Fsp3) is 0.462. The third-order valence-electron chi connectivity index (χ3n) is 3.59. The Hall–Kier alpha value is -1.63. The number of nitrogens with one attached hydrogen (secondary N) is 1. The number of oxime groups is 1. The molecule has 116 valence electrons. The lowest BCUT2D eigenvalue weighted by Gasteiger charge is -2.18. The van der Waals surface area contributed by atoms with Gasteiger partial charge in [-0.15, -0.1) is 0 Å². The summed E-state index contributed by atoms with van der Waals surface area (Å²) in [6, 6.07) is 3.15. The standard InChI is InChI=1S/C13H15ClF3N3O/c14-9-2-1-8(13(15,16)17)5-10(9)19-7-12(3-4-12)6-11(18)20-21/h1-2,5,19,21H,3-4,6-7H2,(H2,18,20). The van der Waals surface area contributed by atoms with Crippen LogP contribution in [0.1, 0.15) is 24.8 Å². The van der Waals surface area contributed by atoms with Crippen LogP contribution in [0.25, 0.3) is 0 Å². The molecule has 4 nitrogen and oxygen atoms in total. The van der Waals surface area contributed by atoms with E-state index in [1.54, 1.807) is 0 Å². The van der Waals surface area contributed by atoms with Gasteiger partial charge in [0.1, 0.15) is 5.84 Å². The van der Waals surface area contributed by atoms with Crippen molar-refractivity contribution in [3.8, 4) is 0 Å². The van der Waals surface area contributed by atoms with Crippen molar-refractivity contribution in [2.24, 2.45) is 16.3 Å². The Balaban J connectivity index is 2.07. The monoisotopic (exact) mass is 321 g/mol. The molecule has 8 heteroatoms. The molecular formula is C13H15ClF3N3O. The highest BCUT2D eigenvalue weighted by molar-refractivity contribution is 6.33. The summed E-state index contributed by atoms with van der Waals surface area (Å²) in [5.74, 6) is 0.115. The Bertz CT molecular complexity index is 556. The quantitative estimate of drug-likeness (QED) is 0.335. The lowest BCUT2D eigenvalue weighted by molar-refractivity contribution is -0.137. The summed E-state index contributed by atoms with van der Waals surface area (Å²) in [5, 5.41) is 14.7. The fourth-order valence-corrected chi connectivity index (χ4v) is 2.32. The van der Waals surface area contributed by atoms with E-state index in [4.69, 9.17) is 22.5 Å². The van der Waals surface area contributed by atoms with Crippen LogP contribution in [0.4, 0.5) is 18.9 Å². The number of amidine groups is 1. The SMILES string of the molecule is NC(CC1(CNc2cc(C(F)(F)F)ccc2Cl)CC1)=NO. The molecule has 2 rings (SSSR count). The molecule has 1 aromatic carbocycles. The van der Waals surface area contributed by atoms with Crippen LogP contribution in [-0.4, -0.2) is 17.6 Å².